The van der Waals surface area contributed by atoms with Gasteiger partial charge in [0.25, 0.3) is 5.89 Å². The summed E-state index contributed by atoms with van der Waals surface area (Å²) in [5, 5.41) is 4.06. The van der Waals surface area contributed by atoms with E-state index in [4.69, 9.17) is 13.7 Å². The van der Waals surface area contributed by atoms with Gasteiger partial charge in [-0.3, -0.25) is 4.90 Å². The number of rotatable bonds is 6. The second-order valence-electron chi connectivity index (χ2n) is 5.37. The van der Waals surface area contributed by atoms with Gasteiger partial charge in [0.15, 0.2) is 5.82 Å². The van der Waals surface area contributed by atoms with Crippen molar-refractivity contribution < 1.29 is 13.7 Å². The molecule has 0 aliphatic carbocycles. The topological polar surface area (TPSA) is 64.5 Å². The van der Waals surface area contributed by atoms with Crippen LogP contribution in [0.25, 0.3) is 0 Å². The van der Waals surface area contributed by atoms with Crippen LogP contribution in [-0.2, 0) is 17.8 Å². The molecule has 0 amide bonds. The molecule has 1 saturated heterocycles. The Kier molecular flexibility index (Phi) is 4.36. The Balaban J connectivity index is 1.61. The highest BCUT2D eigenvalue weighted by Crippen LogP contribution is 2.27. The summed E-state index contributed by atoms with van der Waals surface area (Å²) >= 11 is 0. The zero-order chi connectivity index (χ0) is 14.7. The number of aromatic nitrogens is 2. The molecule has 0 radical (unpaired) electrons. The van der Waals surface area contributed by atoms with E-state index in [1.54, 1.807) is 0 Å². The van der Waals surface area contributed by atoms with Crippen LogP contribution in [0, 0.1) is 6.92 Å². The first kappa shape index (κ1) is 14.3. The minimum absolute atomic E-state index is 0.0194. The van der Waals surface area contributed by atoms with Crippen LogP contribution in [0.1, 0.15) is 49.1 Å². The number of nitrogens with zero attached hydrogens (tertiary/aromatic N) is 3. The van der Waals surface area contributed by atoms with Gasteiger partial charge in [-0.2, -0.15) is 4.98 Å². The fourth-order valence-corrected chi connectivity index (χ4v) is 2.50. The maximum Gasteiger partial charge on any atom is 0.255 e. The molecule has 1 aliphatic rings. The number of furan rings is 1. The van der Waals surface area contributed by atoms with E-state index in [9.17, 15) is 0 Å². The fraction of sp³-hybridized carbons (Fsp3) is 0.600. The Morgan fingerprint density at radius 2 is 2.24 bits per heavy atom. The third-order valence-corrected chi connectivity index (χ3v) is 3.68. The van der Waals surface area contributed by atoms with Gasteiger partial charge in [-0.1, -0.05) is 12.1 Å². The lowest BCUT2D eigenvalue weighted by atomic mass is 10.2. The van der Waals surface area contributed by atoms with Gasteiger partial charge < -0.3 is 13.7 Å². The van der Waals surface area contributed by atoms with E-state index in [0.717, 1.165) is 44.1 Å². The summed E-state index contributed by atoms with van der Waals surface area (Å²) in [5.74, 6) is 3.19. The molecule has 3 rings (SSSR count). The molecular formula is C15H21N3O3. The van der Waals surface area contributed by atoms with Crippen molar-refractivity contribution in [1.82, 2.24) is 15.0 Å². The molecule has 1 atom stereocenters. The zero-order valence-corrected chi connectivity index (χ0v) is 12.5. The summed E-state index contributed by atoms with van der Waals surface area (Å²) in [6, 6.07) is 3.99. The van der Waals surface area contributed by atoms with Crippen molar-refractivity contribution in [2.45, 2.75) is 45.9 Å². The maximum absolute atomic E-state index is 5.61. The lowest BCUT2D eigenvalue weighted by molar-refractivity contribution is 0.0835. The first-order valence-corrected chi connectivity index (χ1v) is 7.46. The van der Waals surface area contributed by atoms with Crippen LogP contribution in [0.3, 0.4) is 0 Å². The molecule has 114 valence electrons. The van der Waals surface area contributed by atoms with Crippen molar-refractivity contribution in [2.75, 3.05) is 13.2 Å². The molecule has 6 heteroatoms. The Morgan fingerprint density at radius 3 is 2.90 bits per heavy atom. The molecule has 2 aromatic heterocycles. The Hall–Kier alpha value is -1.66. The first-order chi connectivity index (χ1) is 10.2. The van der Waals surface area contributed by atoms with Crippen LogP contribution in [-0.4, -0.2) is 28.2 Å². The Labute approximate surface area is 124 Å². The minimum Gasteiger partial charge on any atom is -0.465 e. The average molecular weight is 291 g/mol. The monoisotopic (exact) mass is 291 g/mol. The van der Waals surface area contributed by atoms with E-state index >= 15 is 0 Å². The second kappa shape index (κ2) is 6.41. The van der Waals surface area contributed by atoms with Crippen molar-refractivity contribution in [3.05, 3.63) is 35.4 Å². The molecule has 0 aromatic carbocycles. The van der Waals surface area contributed by atoms with Crippen LogP contribution < -0.4 is 0 Å². The van der Waals surface area contributed by atoms with Crippen LogP contribution in [0.5, 0.6) is 0 Å². The summed E-state index contributed by atoms with van der Waals surface area (Å²) in [5.41, 5.74) is 0. The number of aryl methyl sites for hydroxylation is 1. The molecule has 1 unspecified atom stereocenters. The van der Waals surface area contributed by atoms with Gasteiger partial charge >= 0.3 is 0 Å². The van der Waals surface area contributed by atoms with Gasteiger partial charge in [-0.15, -0.1) is 0 Å². The standard InChI is InChI=1S/C15H21N3O3/c1-3-18(9-12-7-6-11(2)20-12)10-14-16-15(21-17-14)13-5-4-8-19-13/h6-7,13H,3-5,8-10H2,1-2H3. The normalized spacial score (nSPS) is 18.7. The lowest BCUT2D eigenvalue weighted by Crippen LogP contribution is -2.22. The van der Waals surface area contributed by atoms with Gasteiger partial charge in [0, 0.05) is 6.61 Å². The van der Waals surface area contributed by atoms with E-state index in [1.165, 1.54) is 0 Å². The Bertz CT molecular complexity index is 572. The SMILES string of the molecule is CCN(Cc1noc(C2CCCO2)n1)Cc1ccc(C)o1. The van der Waals surface area contributed by atoms with E-state index in [0.29, 0.717) is 18.3 Å². The summed E-state index contributed by atoms with van der Waals surface area (Å²) in [6.07, 6.45) is 2.00. The molecule has 0 saturated carbocycles. The van der Waals surface area contributed by atoms with Crippen LogP contribution in [0.4, 0.5) is 0 Å². The van der Waals surface area contributed by atoms with Crippen molar-refractivity contribution >= 4 is 0 Å². The lowest BCUT2D eigenvalue weighted by Gasteiger charge is -2.16. The van der Waals surface area contributed by atoms with Gasteiger partial charge in [-0.05, 0) is 38.4 Å². The molecule has 6 nitrogen and oxygen atoms in total. The van der Waals surface area contributed by atoms with Crippen molar-refractivity contribution in [3.8, 4) is 0 Å². The van der Waals surface area contributed by atoms with E-state index in [2.05, 4.69) is 22.0 Å². The summed E-state index contributed by atoms with van der Waals surface area (Å²) in [7, 11) is 0. The number of hydrogen-bond acceptors (Lipinski definition) is 6. The Morgan fingerprint density at radius 1 is 1.33 bits per heavy atom. The third-order valence-electron chi connectivity index (χ3n) is 3.68. The van der Waals surface area contributed by atoms with E-state index < -0.39 is 0 Å². The summed E-state index contributed by atoms with van der Waals surface area (Å²) in [4.78, 5) is 6.66. The first-order valence-electron chi connectivity index (χ1n) is 7.46. The number of ether oxygens (including phenoxy) is 1. The molecule has 0 bridgehead atoms. The molecule has 1 fully saturated rings. The third kappa shape index (κ3) is 3.51. The van der Waals surface area contributed by atoms with Crippen LogP contribution in [0.2, 0.25) is 0 Å². The number of hydrogen-bond donors (Lipinski definition) is 0. The largest absolute Gasteiger partial charge is 0.465 e. The second-order valence-corrected chi connectivity index (χ2v) is 5.37. The van der Waals surface area contributed by atoms with Gasteiger partial charge in [0.2, 0.25) is 0 Å². The van der Waals surface area contributed by atoms with Crippen molar-refractivity contribution in [1.29, 1.82) is 0 Å². The van der Waals surface area contributed by atoms with Crippen LogP contribution in [0.15, 0.2) is 21.1 Å². The maximum atomic E-state index is 5.61. The zero-order valence-electron chi connectivity index (χ0n) is 12.5. The van der Waals surface area contributed by atoms with E-state index in [1.807, 2.05) is 19.1 Å². The molecule has 1 aliphatic heterocycles. The molecule has 0 spiro atoms. The highest BCUT2D eigenvalue weighted by Gasteiger charge is 2.24. The molecule has 0 N–H and O–H groups in total. The van der Waals surface area contributed by atoms with Gasteiger partial charge in [0.1, 0.15) is 17.6 Å². The van der Waals surface area contributed by atoms with Gasteiger partial charge in [0.05, 0.1) is 13.1 Å². The smallest absolute Gasteiger partial charge is 0.255 e. The molecule has 21 heavy (non-hydrogen) atoms. The predicted molar refractivity (Wildman–Crippen MR) is 75.5 cm³/mol. The van der Waals surface area contributed by atoms with Crippen LogP contribution >= 0.6 is 0 Å². The highest BCUT2D eigenvalue weighted by molar-refractivity contribution is 5.05. The van der Waals surface area contributed by atoms with E-state index in [-0.39, 0.29) is 6.10 Å². The molecule has 2 aromatic rings. The summed E-state index contributed by atoms with van der Waals surface area (Å²) in [6.45, 7) is 7.12. The quantitative estimate of drug-likeness (QED) is 0.815. The summed E-state index contributed by atoms with van der Waals surface area (Å²) < 4.78 is 16.5. The predicted octanol–water partition coefficient (Wildman–Crippen LogP) is 2.84. The molecular weight excluding hydrogens is 270 g/mol. The van der Waals surface area contributed by atoms with Crippen molar-refractivity contribution in [3.63, 3.8) is 0 Å². The average Bonchev–Trinajstić information content (AvgIpc) is 3.19. The van der Waals surface area contributed by atoms with Crippen molar-refractivity contribution in [2.24, 2.45) is 0 Å². The van der Waals surface area contributed by atoms with Gasteiger partial charge in [-0.25, -0.2) is 0 Å². The highest BCUT2D eigenvalue weighted by atomic mass is 16.5. The fourth-order valence-electron chi connectivity index (χ4n) is 2.50. The molecule has 3 heterocycles. The minimum atomic E-state index is -0.0194.